The largest absolute Gasteiger partial charge is 0.390 e. The molecule has 13 heavy (non-hydrogen) atoms. The van der Waals surface area contributed by atoms with E-state index >= 15 is 0 Å². The van der Waals surface area contributed by atoms with Crippen LogP contribution in [0.4, 0.5) is 0 Å². The Balaban J connectivity index is 2.67. The molecule has 0 spiro atoms. The highest BCUT2D eigenvalue weighted by molar-refractivity contribution is 9.10. The molecule has 1 aromatic rings. The second-order valence-electron chi connectivity index (χ2n) is 2.98. The van der Waals surface area contributed by atoms with E-state index < -0.39 is 12.2 Å². The van der Waals surface area contributed by atoms with Gasteiger partial charge in [-0.1, -0.05) is 13.3 Å². The molecule has 1 rings (SSSR count). The quantitative estimate of drug-likeness (QED) is 0.878. The molecule has 0 aliphatic carbocycles. The summed E-state index contributed by atoms with van der Waals surface area (Å²) < 4.78 is 0.875. The van der Waals surface area contributed by atoms with Crippen LogP contribution in [0.5, 0.6) is 0 Å². The van der Waals surface area contributed by atoms with E-state index in [0.29, 0.717) is 6.42 Å². The Labute approximate surface area is 90.4 Å². The lowest BCUT2D eigenvalue weighted by atomic mass is 10.0. The zero-order valence-corrected chi connectivity index (χ0v) is 9.81. The second kappa shape index (κ2) is 5.10. The lowest BCUT2D eigenvalue weighted by molar-refractivity contribution is 0.0129. The van der Waals surface area contributed by atoms with Gasteiger partial charge < -0.3 is 10.2 Å². The molecule has 74 valence electrons. The van der Waals surface area contributed by atoms with Gasteiger partial charge >= 0.3 is 0 Å². The first-order chi connectivity index (χ1) is 6.16. The molecule has 0 radical (unpaired) electrons. The van der Waals surface area contributed by atoms with Crippen LogP contribution in [0.3, 0.4) is 0 Å². The zero-order chi connectivity index (χ0) is 9.84. The van der Waals surface area contributed by atoms with Crippen molar-refractivity contribution in [3.05, 3.63) is 20.8 Å². The molecular weight excluding hydrogens is 252 g/mol. The van der Waals surface area contributed by atoms with Gasteiger partial charge in [0.25, 0.3) is 0 Å². The highest BCUT2D eigenvalue weighted by Gasteiger charge is 2.19. The van der Waals surface area contributed by atoms with Gasteiger partial charge in [-0.15, -0.1) is 0 Å². The monoisotopic (exact) mass is 264 g/mol. The van der Waals surface area contributed by atoms with Crippen molar-refractivity contribution in [1.82, 2.24) is 0 Å². The van der Waals surface area contributed by atoms with Crippen LogP contribution in [-0.2, 0) is 0 Å². The minimum atomic E-state index is -0.763. The van der Waals surface area contributed by atoms with Crippen molar-refractivity contribution in [3.63, 3.8) is 0 Å². The van der Waals surface area contributed by atoms with Crippen molar-refractivity contribution in [2.24, 2.45) is 0 Å². The van der Waals surface area contributed by atoms with Crippen LogP contribution in [0, 0.1) is 0 Å². The number of rotatable bonds is 4. The summed E-state index contributed by atoms with van der Waals surface area (Å²) in [5, 5.41) is 23.0. The number of halogens is 1. The van der Waals surface area contributed by atoms with E-state index in [1.807, 2.05) is 17.7 Å². The van der Waals surface area contributed by atoms with Crippen LogP contribution < -0.4 is 0 Å². The maximum absolute atomic E-state index is 9.72. The van der Waals surface area contributed by atoms with Gasteiger partial charge in [0.1, 0.15) is 6.10 Å². The molecule has 1 aromatic heterocycles. The second-order valence-corrected chi connectivity index (χ2v) is 4.57. The Bertz CT molecular complexity index is 262. The molecule has 1 heterocycles. The first kappa shape index (κ1) is 11.2. The Kier molecular flexibility index (Phi) is 4.38. The fourth-order valence-electron chi connectivity index (χ4n) is 1.16. The van der Waals surface area contributed by atoms with Gasteiger partial charge in [0, 0.05) is 15.4 Å². The normalized spacial score (nSPS) is 15.7. The van der Waals surface area contributed by atoms with E-state index in [9.17, 15) is 10.2 Å². The van der Waals surface area contributed by atoms with Gasteiger partial charge in [0.15, 0.2) is 0 Å². The summed E-state index contributed by atoms with van der Waals surface area (Å²) in [5.41, 5.74) is 0.783. The number of thiophene rings is 1. The van der Waals surface area contributed by atoms with Crippen molar-refractivity contribution < 1.29 is 10.2 Å². The summed E-state index contributed by atoms with van der Waals surface area (Å²) in [5.74, 6) is 0. The molecule has 2 nitrogen and oxygen atoms in total. The predicted octanol–water partition coefficient (Wildman–Crippen LogP) is 2.71. The van der Waals surface area contributed by atoms with Crippen molar-refractivity contribution in [3.8, 4) is 0 Å². The minimum absolute atomic E-state index is 0.628. The molecule has 0 bridgehead atoms. The van der Waals surface area contributed by atoms with Crippen molar-refractivity contribution in [1.29, 1.82) is 0 Å². The summed E-state index contributed by atoms with van der Waals surface area (Å²) in [4.78, 5) is 0. The first-order valence-corrected chi connectivity index (χ1v) is 5.98. The average Bonchev–Trinajstić information content (AvgIpc) is 2.50. The van der Waals surface area contributed by atoms with Crippen LogP contribution in [0.1, 0.15) is 31.4 Å². The van der Waals surface area contributed by atoms with Gasteiger partial charge in [0.05, 0.1) is 6.10 Å². The lowest BCUT2D eigenvalue weighted by Crippen LogP contribution is -2.17. The first-order valence-electron chi connectivity index (χ1n) is 4.24. The summed E-state index contributed by atoms with van der Waals surface area (Å²) in [6, 6.07) is 0. The molecule has 2 unspecified atom stereocenters. The predicted molar refractivity (Wildman–Crippen MR) is 57.9 cm³/mol. The molecule has 0 aliphatic heterocycles. The van der Waals surface area contributed by atoms with Crippen molar-refractivity contribution in [2.45, 2.75) is 32.0 Å². The molecule has 4 heteroatoms. The van der Waals surface area contributed by atoms with E-state index in [1.165, 1.54) is 11.3 Å². The number of aliphatic hydroxyl groups is 2. The Hall–Kier alpha value is 0.100. The summed E-state index contributed by atoms with van der Waals surface area (Å²) in [6.07, 6.45) is 0.0835. The van der Waals surface area contributed by atoms with E-state index in [0.717, 1.165) is 16.5 Å². The average molecular weight is 265 g/mol. The molecule has 0 amide bonds. The third-order valence-electron chi connectivity index (χ3n) is 1.91. The molecular formula is C9H13BrO2S. The number of aliphatic hydroxyl groups excluding tert-OH is 2. The van der Waals surface area contributed by atoms with Gasteiger partial charge in [-0.25, -0.2) is 0 Å². The number of hydrogen-bond acceptors (Lipinski definition) is 3. The van der Waals surface area contributed by atoms with E-state index in [4.69, 9.17) is 0 Å². The van der Waals surface area contributed by atoms with Crippen LogP contribution in [0.2, 0.25) is 0 Å². The van der Waals surface area contributed by atoms with E-state index in [-0.39, 0.29) is 0 Å². The smallest absolute Gasteiger partial charge is 0.107 e. The maximum atomic E-state index is 9.72. The molecule has 0 fully saturated rings. The molecule has 0 saturated carbocycles. The molecule has 0 saturated heterocycles. The van der Waals surface area contributed by atoms with Crippen LogP contribution in [-0.4, -0.2) is 16.3 Å². The summed E-state index contributed by atoms with van der Waals surface area (Å²) in [6.45, 7) is 1.98. The van der Waals surface area contributed by atoms with E-state index in [1.54, 1.807) is 0 Å². The highest BCUT2D eigenvalue weighted by Crippen LogP contribution is 2.30. The standard InChI is InChI=1S/C9H13BrO2S/c1-2-3-8(11)9(12)6-4-13-5-7(6)10/h4-5,8-9,11-12H,2-3H2,1H3. The molecule has 0 aromatic carbocycles. The molecule has 2 atom stereocenters. The topological polar surface area (TPSA) is 40.5 Å². The zero-order valence-electron chi connectivity index (χ0n) is 7.40. The summed E-state index contributed by atoms with van der Waals surface area (Å²) in [7, 11) is 0. The van der Waals surface area contributed by atoms with Crippen LogP contribution in [0.15, 0.2) is 15.2 Å². The SMILES string of the molecule is CCCC(O)C(O)c1cscc1Br. The van der Waals surface area contributed by atoms with Gasteiger partial charge in [-0.3, -0.25) is 0 Å². The Morgan fingerprint density at radius 2 is 2.15 bits per heavy atom. The third-order valence-corrected chi connectivity index (χ3v) is 3.66. The van der Waals surface area contributed by atoms with Crippen LogP contribution in [0.25, 0.3) is 0 Å². The Morgan fingerprint density at radius 1 is 1.46 bits per heavy atom. The third kappa shape index (κ3) is 2.77. The Morgan fingerprint density at radius 3 is 2.62 bits per heavy atom. The van der Waals surface area contributed by atoms with Crippen LogP contribution >= 0.6 is 27.3 Å². The van der Waals surface area contributed by atoms with Gasteiger partial charge in [-0.2, -0.15) is 11.3 Å². The van der Waals surface area contributed by atoms with Gasteiger partial charge in [-0.05, 0) is 27.7 Å². The van der Waals surface area contributed by atoms with Crippen molar-refractivity contribution in [2.75, 3.05) is 0 Å². The maximum Gasteiger partial charge on any atom is 0.107 e. The van der Waals surface area contributed by atoms with Crippen molar-refractivity contribution >= 4 is 27.3 Å². The molecule has 2 N–H and O–H groups in total. The summed E-state index contributed by atoms with van der Waals surface area (Å²) >= 11 is 4.84. The lowest BCUT2D eigenvalue weighted by Gasteiger charge is -2.16. The minimum Gasteiger partial charge on any atom is -0.390 e. The molecule has 0 aliphatic rings. The highest BCUT2D eigenvalue weighted by atomic mass is 79.9. The van der Waals surface area contributed by atoms with Gasteiger partial charge in [0.2, 0.25) is 0 Å². The number of hydrogen-bond donors (Lipinski definition) is 2. The van der Waals surface area contributed by atoms with E-state index in [2.05, 4.69) is 15.9 Å². The fraction of sp³-hybridized carbons (Fsp3) is 0.556. The fourth-order valence-corrected chi connectivity index (χ4v) is 2.72.